The maximum absolute atomic E-state index is 12.0. The van der Waals surface area contributed by atoms with Crippen molar-refractivity contribution in [1.82, 2.24) is 4.90 Å². The second-order valence-corrected chi connectivity index (χ2v) is 12.5. The molecule has 16 heavy (non-hydrogen) atoms. The summed E-state index contributed by atoms with van der Waals surface area (Å²) in [6, 6.07) is 5.52. The fourth-order valence-electron chi connectivity index (χ4n) is 1.65. The van der Waals surface area contributed by atoms with E-state index in [1.54, 1.807) is 6.07 Å². The van der Waals surface area contributed by atoms with Gasteiger partial charge in [0, 0.05) is 7.05 Å². The molecule has 0 saturated heterocycles. The van der Waals surface area contributed by atoms with Crippen LogP contribution < -0.4 is 5.30 Å². The molecule has 7 heteroatoms. The van der Waals surface area contributed by atoms with Gasteiger partial charge in [-0.05, 0) is 18.7 Å². The van der Waals surface area contributed by atoms with Gasteiger partial charge in [0.25, 0.3) is 11.8 Å². The molecule has 0 aromatic heterocycles. The van der Waals surface area contributed by atoms with Crippen molar-refractivity contribution in [2.24, 2.45) is 0 Å². The molecule has 4 unspecified atom stereocenters. The first-order chi connectivity index (χ1) is 7.57. The molecular formula is C9H11NO2P4. The van der Waals surface area contributed by atoms with Crippen LogP contribution >= 0.6 is 33.1 Å². The van der Waals surface area contributed by atoms with E-state index in [0.29, 0.717) is 19.1 Å². The van der Waals surface area contributed by atoms with Crippen molar-refractivity contribution in [3.05, 3.63) is 29.3 Å². The Labute approximate surface area is 101 Å². The summed E-state index contributed by atoms with van der Waals surface area (Å²) in [7, 11) is 7.24. The molecule has 1 aromatic carbocycles. The van der Waals surface area contributed by atoms with Gasteiger partial charge in [0.1, 0.15) is 0 Å². The van der Waals surface area contributed by atoms with E-state index < -0.39 is 7.30 Å². The normalized spacial score (nSPS) is 17.3. The lowest BCUT2D eigenvalue weighted by atomic mass is 10.1. The van der Waals surface area contributed by atoms with E-state index in [1.807, 2.05) is 12.1 Å². The number of hydrogen-bond donors (Lipinski definition) is 0. The number of nitrogens with zero attached hydrogens (tertiary/aromatic N) is 1. The van der Waals surface area contributed by atoms with Crippen LogP contribution in [0.4, 0.5) is 0 Å². The highest BCUT2D eigenvalue weighted by molar-refractivity contribution is 8.63. The van der Waals surface area contributed by atoms with Crippen LogP contribution in [0.1, 0.15) is 20.7 Å². The first-order valence-corrected chi connectivity index (χ1v) is 11.2. The second kappa shape index (κ2) is 4.75. The number of hydrogen-bond acceptors (Lipinski definition) is 2. The smallest absolute Gasteiger partial charge is 0.261 e. The van der Waals surface area contributed by atoms with Gasteiger partial charge in [0.05, 0.1) is 11.1 Å². The van der Waals surface area contributed by atoms with Crippen molar-refractivity contribution in [1.29, 1.82) is 0 Å². The van der Waals surface area contributed by atoms with E-state index in [1.165, 1.54) is 11.9 Å². The lowest BCUT2D eigenvalue weighted by Crippen LogP contribution is -2.25. The Kier molecular flexibility index (Phi) is 3.72. The molecule has 1 heterocycles. The maximum Gasteiger partial charge on any atom is 0.261 e. The van der Waals surface area contributed by atoms with Gasteiger partial charge in [-0.1, -0.05) is 20.1 Å². The first-order valence-electron chi connectivity index (χ1n) is 4.54. The third kappa shape index (κ3) is 1.85. The molecule has 0 radical (unpaired) electrons. The molecule has 0 aliphatic carbocycles. The number of amides is 2. The minimum absolute atomic E-state index is 0.172. The molecule has 0 fully saturated rings. The summed E-state index contributed by atoms with van der Waals surface area (Å²) >= 11 is 0. The molecule has 84 valence electrons. The van der Waals surface area contributed by atoms with Crippen LogP contribution in [0.2, 0.25) is 0 Å². The Morgan fingerprint density at radius 2 is 2.00 bits per heavy atom. The standard InChI is InChI=1S/C9H11NO2P4/c1-10-8(11)5-3-2-4-6(16(14)15-13)7(5)9(10)12/h2-4,15H,13-14H2,1H3. The summed E-state index contributed by atoms with van der Waals surface area (Å²) in [5, 5.41) is 1.01. The third-order valence-corrected chi connectivity index (χ3v) is 12.6. The van der Waals surface area contributed by atoms with Crippen LogP contribution in [0.3, 0.4) is 0 Å². The van der Waals surface area contributed by atoms with Gasteiger partial charge >= 0.3 is 0 Å². The highest BCUT2D eigenvalue weighted by Crippen LogP contribution is 2.65. The van der Waals surface area contributed by atoms with Gasteiger partial charge in [-0.15, -0.1) is 17.9 Å². The quantitative estimate of drug-likeness (QED) is 0.618. The average Bonchev–Trinajstić information content (AvgIpc) is 2.54. The lowest BCUT2D eigenvalue weighted by Gasteiger charge is -2.12. The van der Waals surface area contributed by atoms with E-state index >= 15 is 0 Å². The second-order valence-electron chi connectivity index (χ2n) is 3.37. The monoisotopic (exact) mass is 289 g/mol. The van der Waals surface area contributed by atoms with Gasteiger partial charge in [-0.25, -0.2) is 0 Å². The number of fused-ring (bicyclic) bond motifs is 1. The maximum atomic E-state index is 12.0. The topological polar surface area (TPSA) is 37.4 Å². The number of benzene rings is 1. The van der Waals surface area contributed by atoms with Crippen molar-refractivity contribution >= 4 is 50.2 Å². The number of carbonyl (C=O) groups is 2. The van der Waals surface area contributed by atoms with E-state index in [-0.39, 0.29) is 11.8 Å². The molecule has 0 bridgehead atoms. The van der Waals surface area contributed by atoms with Crippen LogP contribution in [0.15, 0.2) is 18.2 Å². The summed E-state index contributed by atoms with van der Waals surface area (Å²) in [4.78, 5) is 24.9. The molecule has 1 aromatic rings. The Morgan fingerprint density at radius 1 is 1.31 bits per heavy atom. The molecule has 0 saturated carbocycles. The minimum atomic E-state index is -0.433. The van der Waals surface area contributed by atoms with Gasteiger partial charge in [-0.3, -0.25) is 14.5 Å². The minimum Gasteiger partial charge on any atom is -0.277 e. The summed E-state index contributed by atoms with van der Waals surface area (Å²) in [6.45, 7) is 0. The van der Waals surface area contributed by atoms with Crippen molar-refractivity contribution in [2.45, 2.75) is 0 Å². The zero-order valence-electron chi connectivity index (χ0n) is 8.60. The Balaban J connectivity index is 2.62. The Morgan fingerprint density at radius 3 is 2.62 bits per heavy atom. The molecule has 3 nitrogen and oxygen atoms in total. The third-order valence-electron chi connectivity index (χ3n) is 2.49. The summed E-state index contributed by atoms with van der Waals surface area (Å²) < 4.78 is 0. The molecule has 1 aliphatic rings. The largest absolute Gasteiger partial charge is 0.277 e. The van der Waals surface area contributed by atoms with Crippen LogP contribution in [0.5, 0.6) is 0 Å². The molecular weight excluding hydrogens is 278 g/mol. The highest BCUT2D eigenvalue weighted by atomic mass is 32.6. The molecule has 0 N–H and O–H groups in total. The van der Waals surface area contributed by atoms with Gasteiger partial charge in [0.2, 0.25) is 0 Å². The van der Waals surface area contributed by atoms with Crippen molar-refractivity contribution < 1.29 is 9.59 Å². The van der Waals surface area contributed by atoms with E-state index in [9.17, 15) is 9.59 Å². The number of carbonyl (C=O) groups excluding carboxylic acids is 2. The van der Waals surface area contributed by atoms with E-state index in [0.717, 1.165) is 5.30 Å². The first kappa shape index (κ1) is 12.5. The fourth-order valence-corrected chi connectivity index (χ4v) is 5.37. The molecule has 2 rings (SSSR count). The number of rotatable bonds is 2. The predicted molar refractivity (Wildman–Crippen MR) is 77.2 cm³/mol. The van der Waals surface area contributed by atoms with Crippen LogP contribution in [0.25, 0.3) is 0 Å². The summed E-state index contributed by atoms with van der Waals surface area (Å²) in [6.07, 6.45) is 0. The molecule has 0 spiro atoms. The van der Waals surface area contributed by atoms with Crippen molar-refractivity contribution in [3.8, 4) is 0 Å². The lowest BCUT2D eigenvalue weighted by molar-refractivity contribution is 0.0693. The van der Waals surface area contributed by atoms with Crippen LogP contribution in [0, 0.1) is 0 Å². The molecule has 2 amide bonds. The predicted octanol–water partition coefficient (Wildman–Crippen LogP) is 2.19. The summed E-state index contributed by atoms with van der Waals surface area (Å²) in [5.41, 5.74) is 1.15. The molecule has 1 aliphatic heterocycles. The highest BCUT2D eigenvalue weighted by Gasteiger charge is 2.35. The Bertz CT molecular complexity index is 477. The van der Waals surface area contributed by atoms with Crippen molar-refractivity contribution in [3.63, 3.8) is 0 Å². The zero-order valence-corrected chi connectivity index (χ0v) is 12.8. The average molecular weight is 289 g/mol. The van der Waals surface area contributed by atoms with Gasteiger partial charge < -0.3 is 0 Å². The fraction of sp³-hybridized carbons (Fsp3) is 0.111. The van der Waals surface area contributed by atoms with E-state index in [2.05, 4.69) is 17.9 Å². The Hall–Kier alpha value is 0.0800. The molecule has 4 atom stereocenters. The SMILES string of the molecule is CN1C(=O)c2cccc(P(P)PP)c2C1=O. The number of imide groups is 1. The zero-order chi connectivity index (χ0) is 11.9. The van der Waals surface area contributed by atoms with E-state index in [4.69, 9.17) is 0 Å². The van der Waals surface area contributed by atoms with Gasteiger partial charge in [-0.2, -0.15) is 0 Å². The van der Waals surface area contributed by atoms with Gasteiger partial charge in [0.15, 0.2) is 0 Å². The van der Waals surface area contributed by atoms with Crippen LogP contribution in [-0.4, -0.2) is 23.8 Å². The summed E-state index contributed by atoms with van der Waals surface area (Å²) in [5.74, 6) is -0.365. The van der Waals surface area contributed by atoms with Crippen LogP contribution in [-0.2, 0) is 0 Å². The van der Waals surface area contributed by atoms with Crippen molar-refractivity contribution in [2.75, 3.05) is 7.05 Å².